The van der Waals surface area contributed by atoms with Crippen molar-refractivity contribution >= 4 is 23.4 Å². The maximum atomic E-state index is 5.81. The molecule has 0 aromatic carbocycles. The Morgan fingerprint density at radius 2 is 2.36 bits per heavy atom. The highest BCUT2D eigenvalue weighted by Gasteiger charge is 2.25. The zero-order chi connectivity index (χ0) is 8.32. The molecule has 0 radical (unpaired) electrons. The lowest BCUT2D eigenvalue weighted by atomic mass is 10.2. The number of rotatable bonds is 3. The van der Waals surface area contributed by atoms with Gasteiger partial charge in [-0.2, -0.15) is 0 Å². The second-order valence-electron chi connectivity index (χ2n) is 3.50. The molecule has 0 bridgehead atoms. The van der Waals surface area contributed by atoms with Gasteiger partial charge in [0.25, 0.3) is 0 Å². The van der Waals surface area contributed by atoms with Gasteiger partial charge in [-0.1, -0.05) is 0 Å². The lowest BCUT2D eigenvalue weighted by molar-refractivity contribution is 0.199. The third kappa shape index (κ3) is 3.22. The van der Waals surface area contributed by atoms with Gasteiger partial charge < -0.3 is 4.74 Å². The highest BCUT2D eigenvalue weighted by atomic mass is 35.5. The van der Waals surface area contributed by atoms with Gasteiger partial charge in [0.05, 0.1) is 6.61 Å². The van der Waals surface area contributed by atoms with Crippen LogP contribution in [0.2, 0.25) is 0 Å². The van der Waals surface area contributed by atoms with E-state index in [-0.39, 0.29) is 4.75 Å². The minimum Gasteiger partial charge on any atom is -0.380 e. The van der Waals surface area contributed by atoms with Gasteiger partial charge in [0, 0.05) is 22.5 Å². The number of halogens is 1. The summed E-state index contributed by atoms with van der Waals surface area (Å²) in [7, 11) is 0. The molecule has 0 N–H and O–H groups in total. The predicted molar refractivity (Wildman–Crippen MR) is 51.6 cm³/mol. The Balaban J connectivity index is 2.28. The van der Waals surface area contributed by atoms with Crippen LogP contribution in [0.15, 0.2) is 0 Å². The fourth-order valence-corrected chi connectivity index (χ4v) is 2.62. The first-order chi connectivity index (χ1) is 5.14. The molecule has 3 heteroatoms. The Labute approximate surface area is 77.8 Å². The summed E-state index contributed by atoms with van der Waals surface area (Å²) in [6.07, 6.45) is 1.19. The summed E-state index contributed by atoms with van der Waals surface area (Å²) in [5, 5.41) is 0.670. The molecular weight excluding hydrogens is 180 g/mol. The van der Waals surface area contributed by atoms with E-state index in [9.17, 15) is 0 Å². The van der Waals surface area contributed by atoms with E-state index in [1.165, 1.54) is 6.42 Å². The molecule has 11 heavy (non-hydrogen) atoms. The molecule has 1 heterocycles. The Kier molecular flexibility index (Phi) is 3.53. The summed E-state index contributed by atoms with van der Waals surface area (Å²) in [5.74, 6) is 0.716. The predicted octanol–water partition coefficient (Wildman–Crippen LogP) is 2.53. The minimum atomic E-state index is 0.208. The maximum Gasteiger partial charge on any atom is 0.0586 e. The summed E-state index contributed by atoms with van der Waals surface area (Å²) in [4.78, 5) is 0. The zero-order valence-electron chi connectivity index (χ0n) is 7.10. The van der Waals surface area contributed by atoms with E-state index < -0.39 is 0 Å². The molecule has 0 amide bonds. The van der Waals surface area contributed by atoms with Crippen molar-refractivity contribution in [2.75, 3.05) is 19.1 Å². The number of hydrogen-bond donors (Lipinski definition) is 0. The van der Waals surface area contributed by atoms with Gasteiger partial charge >= 0.3 is 0 Å². The van der Waals surface area contributed by atoms with Gasteiger partial charge in [-0.05, 0) is 20.3 Å². The molecule has 1 nitrogen and oxygen atoms in total. The molecule has 1 rings (SSSR count). The largest absolute Gasteiger partial charge is 0.380 e. The van der Waals surface area contributed by atoms with Crippen LogP contribution >= 0.6 is 23.4 Å². The summed E-state index contributed by atoms with van der Waals surface area (Å²) in [5.41, 5.74) is 0. The normalized spacial score (nSPS) is 25.9. The maximum absolute atomic E-state index is 5.81. The van der Waals surface area contributed by atoms with Gasteiger partial charge in [-0.15, -0.1) is 23.4 Å². The molecule has 0 aromatic heterocycles. The first-order valence-electron chi connectivity index (χ1n) is 3.95. The molecule has 0 saturated carbocycles. The van der Waals surface area contributed by atoms with E-state index in [1.54, 1.807) is 0 Å². The average molecular weight is 195 g/mol. The van der Waals surface area contributed by atoms with Crippen LogP contribution < -0.4 is 0 Å². The van der Waals surface area contributed by atoms with Gasteiger partial charge in [0.1, 0.15) is 0 Å². The van der Waals surface area contributed by atoms with Crippen molar-refractivity contribution in [2.45, 2.75) is 30.3 Å². The van der Waals surface area contributed by atoms with Crippen LogP contribution in [0.4, 0.5) is 0 Å². The fourth-order valence-electron chi connectivity index (χ4n) is 1.09. The highest BCUT2D eigenvalue weighted by Crippen LogP contribution is 2.33. The van der Waals surface area contributed by atoms with Gasteiger partial charge in [0.15, 0.2) is 0 Å². The van der Waals surface area contributed by atoms with E-state index >= 15 is 0 Å². The Hall–Kier alpha value is 0.600. The summed E-state index contributed by atoms with van der Waals surface area (Å²) in [6.45, 7) is 6.20. The lowest BCUT2D eigenvalue weighted by Gasteiger charge is -2.23. The molecule has 0 spiro atoms. The monoisotopic (exact) mass is 194 g/mol. The van der Waals surface area contributed by atoms with E-state index in [2.05, 4.69) is 13.8 Å². The molecule has 1 saturated heterocycles. The first-order valence-corrected chi connectivity index (χ1v) is 5.37. The number of thioether (sulfide) groups is 1. The fraction of sp³-hybridized carbons (Fsp3) is 1.00. The molecule has 1 fully saturated rings. The standard InChI is InChI=1S/C8H15ClOS/c1-8(2,6-9)11-7-3-4-10-5-7/h7H,3-6H2,1-2H3. The van der Waals surface area contributed by atoms with Crippen LogP contribution in [0.25, 0.3) is 0 Å². The molecular formula is C8H15ClOS. The van der Waals surface area contributed by atoms with Crippen LogP contribution in [-0.2, 0) is 4.74 Å². The lowest BCUT2D eigenvalue weighted by Crippen LogP contribution is -2.21. The SMILES string of the molecule is CC(C)(CCl)SC1CCOC1. The molecule has 0 aromatic rings. The Morgan fingerprint density at radius 1 is 1.64 bits per heavy atom. The van der Waals surface area contributed by atoms with Gasteiger partial charge in [-0.3, -0.25) is 0 Å². The van der Waals surface area contributed by atoms with Crippen LogP contribution in [0.3, 0.4) is 0 Å². The summed E-state index contributed by atoms with van der Waals surface area (Å²) >= 11 is 7.76. The third-order valence-corrected chi connectivity index (χ3v) is 4.01. The Bertz CT molecular complexity index is 121. The van der Waals surface area contributed by atoms with Crippen LogP contribution in [-0.4, -0.2) is 29.1 Å². The van der Waals surface area contributed by atoms with Crippen LogP contribution in [0.5, 0.6) is 0 Å². The molecule has 1 unspecified atom stereocenters. The second-order valence-corrected chi connectivity index (χ2v) is 5.77. The van der Waals surface area contributed by atoms with Gasteiger partial charge in [-0.25, -0.2) is 0 Å². The van der Waals surface area contributed by atoms with Crippen molar-refractivity contribution in [3.05, 3.63) is 0 Å². The first kappa shape index (κ1) is 9.69. The quantitative estimate of drug-likeness (QED) is 0.639. The topological polar surface area (TPSA) is 9.23 Å². The van der Waals surface area contributed by atoms with Gasteiger partial charge in [0.2, 0.25) is 0 Å². The van der Waals surface area contributed by atoms with Crippen molar-refractivity contribution in [1.29, 1.82) is 0 Å². The minimum absolute atomic E-state index is 0.208. The highest BCUT2D eigenvalue weighted by molar-refractivity contribution is 8.01. The van der Waals surface area contributed by atoms with E-state index in [0.29, 0.717) is 11.1 Å². The molecule has 1 aliphatic rings. The smallest absolute Gasteiger partial charge is 0.0586 e. The molecule has 0 aliphatic carbocycles. The Morgan fingerprint density at radius 3 is 2.82 bits per heavy atom. The number of hydrogen-bond acceptors (Lipinski definition) is 2. The second kappa shape index (κ2) is 4.01. The average Bonchev–Trinajstić information content (AvgIpc) is 2.39. The van der Waals surface area contributed by atoms with Crippen molar-refractivity contribution in [3.63, 3.8) is 0 Å². The van der Waals surface area contributed by atoms with Crippen LogP contribution in [0, 0.1) is 0 Å². The summed E-state index contributed by atoms with van der Waals surface area (Å²) in [6, 6.07) is 0. The van der Waals surface area contributed by atoms with Crippen molar-refractivity contribution in [3.8, 4) is 0 Å². The van der Waals surface area contributed by atoms with E-state index in [0.717, 1.165) is 13.2 Å². The van der Waals surface area contributed by atoms with Crippen molar-refractivity contribution in [2.24, 2.45) is 0 Å². The van der Waals surface area contributed by atoms with E-state index in [4.69, 9.17) is 16.3 Å². The summed E-state index contributed by atoms with van der Waals surface area (Å²) < 4.78 is 5.49. The zero-order valence-corrected chi connectivity index (χ0v) is 8.67. The number of alkyl halides is 1. The molecule has 1 aliphatic heterocycles. The van der Waals surface area contributed by atoms with Crippen molar-refractivity contribution in [1.82, 2.24) is 0 Å². The van der Waals surface area contributed by atoms with Crippen LogP contribution in [0.1, 0.15) is 20.3 Å². The van der Waals surface area contributed by atoms with Crippen molar-refractivity contribution < 1.29 is 4.74 Å². The number of ether oxygens (including phenoxy) is 1. The third-order valence-electron chi connectivity index (χ3n) is 1.70. The molecule has 1 atom stereocenters. The molecule has 66 valence electrons. The van der Waals surface area contributed by atoms with E-state index in [1.807, 2.05) is 11.8 Å².